The summed E-state index contributed by atoms with van der Waals surface area (Å²) in [5, 5.41) is 3.35. The largest absolute Gasteiger partial charge is 0.316 e. The third kappa shape index (κ3) is 3.58. The van der Waals surface area contributed by atoms with Crippen LogP contribution in [0.4, 0.5) is 0 Å². The van der Waals surface area contributed by atoms with Crippen molar-refractivity contribution in [3.63, 3.8) is 0 Å². The minimum absolute atomic E-state index is 1.01. The van der Waals surface area contributed by atoms with Crippen molar-refractivity contribution in [1.82, 2.24) is 10.2 Å². The molecule has 2 heterocycles. The van der Waals surface area contributed by atoms with Crippen LogP contribution in [0.1, 0.15) is 33.1 Å². The van der Waals surface area contributed by atoms with E-state index in [2.05, 4.69) is 17.3 Å². The Balaban J connectivity index is 0.000000461. The van der Waals surface area contributed by atoms with Gasteiger partial charge in [0.1, 0.15) is 0 Å². The van der Waals surface area contributed by atoms with E-state index in [1.807, 2.05) is 13.8 Å². The monoisotopic (exact) mass is 198 g/mol. The van der Waals surface area contributed by atoms with Crippen molar-refractivity contribution in [3.05, 3.63) is 0 Å². The molecule has 1 N–H and O–H groups in total. The van der Waals surface area contributed by atoms with Crippen LogP contribution in [0.15, 0.2) is 0 Å². The van der Waals surface area contributed by atoms with Gasteiger partial charge in [-0.1, -0.05) is 13.8 Å². The van der Waals surface area contributed by atoms with E-state index < -0.39 is 0 Å². The van der Waals surface area contributed by atoms with Gasteiger partial charge in [0.2, 0.25) is 0 Å². The van der Waals surface area contributed by atoms with Crippen LogP contribution in [-0.4, -0.2) is 38.1 Å². The third-order valence-corrected chi connectivity index (χ3v) is 3.37. The molecule has 0 spiro atoms. The van der Waals surface area contributed by atoms with Crippen molar-refractivity contribution in [2.45, 2.75) is 33.1 Å². The Labute approximate surface area is 89.1 Å². The van der Waals surface area contributed by atoms with Gasteiger partial charge in [-0.25, -0.2) is 0 Å². The first kappa shape index (κ1) is 12.0. The fourth-order valence-electron chi connectivity index (χ4n) is 2.28. The number of hydrogen-bond donors (Lipinski definition) is 1. The first-order chi connectivity index (χ1) is 6.84. The fraction of sp³-hybridized carbons (Fsp3) is 1.00. The minimum Gasteiger partial charge on any atom is -0.316 e. The van der Waals surface area contributed by atoms with Crippen molar-refractivity contribution in [2.24, 2.45) is 11.8 Å². The zero-order chi connectivity index (χ0) is 10.4. The summed E-state index contributed by atoms with van der Waals surface area (Å²) in [7, 11) is 2.24. The summed E-state index contributed by atoms with van der Waals surface area (Å²) >= 11 is 0. The van der Waals surface area contributed by atoms with Crippen LogP contribution in [0.3, 0.4) is 0 Å². The quantitative estimate of drug-likeness (QED) is 0.730. The van der Waals surface area contributed by atoms with E-state index in [-0.39, 0.29) is 0 Å². The van der Waals surface area contributed by atoms with E-state index in [0.717, 1.165) is 11.8 Å². The van der Waals surface area contributed by atoms with Crippen LogP contribution in [0.25, 0.3) is 0 Å². The Morgan fingerprint density at radius 3 is 2.07 bits per heavy atom. The Morgan fingerprint density at radius 2 is 1.64 bits per heavy atom. The van der Waals surface area contributed by atoms with E-state index in [4.69, 9.17) is 0 Å². The molecule has 2 saturated heterocycles. The van der Waals surface area contributed by atoms with Crippen LogP contribution in [0, 0.1) is 11.8 Å². The van der Waals surface area contributed by atoms with E-state index in [9.17, 15) is 0 Å². The van der Waals surface area contributed by atoms with Crippen LogP contribution in [-0.2, 0) is 0 Å². The predicted octanol–water partition coefficient (Wildman–Crippen LogP) is 1.96. The molecular weight excluding hydrogens is 172 g/mol. The molecule has 0 amide bonds. The summed E-state index contributed by atoms with van der Waals surface area (Å²) in [6, 6.07) is 0. The van der Waals surface area contributed by atoms with E-state index in [1.54, 1.807) is 0 Å². The van der Waals surface area contributed by atoms with Gasteiger partial charge in [0, 0.05) is 0 Å². The molecule has 2 fully saturated rings. The average Bonchev–Trinajstić information content (AvgIpc) is 2.17. The highest BCUT2D eigenvalue weighted by Gasteiger charge is 2.23. The van der Waals surface area contributed by atoms with Crippen LogP contribution >= 0.6 is 0 Å². The Bertz CT molecular complexity index is 135. The number of hydrogen-bond acceptors (Lipinski definition) is 2. The van der Waals surface area contributed by atoms with Gasteiger partial charge in [-0.05, 0) is 64.3 Å². The van der Waals surface area contributed by atoms with Crippen LogP contribution < -0.4 is 5.32 Å². The molecule has 0 unspecified atom stereocenters. The highest BCUT2D eigenvalue weighted by atomic mass is 15.1. The number of nitrogens with one attached hydrogen (secondary N) is 1. The Hall–Kier alpha value is -0.0800. The number of rotatable bonds is 2. The van der Waals surface area contributed by atoms with Gasteiger partial charge >= 0.3 is 0 Å². The van der Waals surface area contributed by atoms with Crippen LogP contribution in [0.5, 0.6) is 0 Å². The number of likely N-dealkylation sites (tertiary alicyclic amines) is 1. The molecular formula is C12H26N2. The van der Waals surface area contributed by atoms with Gasteiger partial charge in [0.25, 0.3) is 0 Å². The van der Waals surface area contributed by atoms with Gasteiger partial charge in [0.05, 0.1) is 0 Å². The second kappa shape index (κ2) is 6.41. The van der Waals surface area contributed by atoms with Gasteiger partial charge < -0.3 is 10.2 Å². The SMILES string of the molecule is CC.CN1CCC(CC2CNC2)CC1. The molecule has 2 aliphatic rings. The number of nitrogens with zero attached hydrogens (tertiary/aromatic N) is 1. The molecule has 0 radical (unpaired) electrons. The molecule has 0 atom stereocenters. The molecule has 2 rings (SSSR count). The summed E-state index contributed by atoms with van der Waals surface area (Å²) in [5.74, 6) is 2.05. The maximum atomic E-state index is 3.35. The Kier molecular flexibility index (Phi) is 5.49. The lowest BCUT2D eigenvalue weighted by atomic mass is 9.85. The molecule has 0 saturated carbocycles. The van der Waals surface area contributed by atoms with E-state index in [0.29, 0.717) is 0 Å². The lowest BCUT2D eigenvalue weighted by molar-refractivity contribution is 0.177. The molecule has 14 heavy (non-hydrogen) atoms. The average molecular weight is 198 g/mol. The molecule has 2 aliphatic heterocycles. The first-order valence-electron chi connectivity index (χ1n) is 6.24. The summed E-state index contributed by atoms with van der Waals surface area (Å²) < 4.78 is 0. The summed E-state index contributed by atoms with van der Waals surface area (Å²) in [6.45, 7) is 9.22. The van der Waals surface area contributed by atoms with Gasteiger partial charge in [-0.3, -0.25) is 0 Å². The zero-order valence-corrected chi connectivity index (χ0v) is 10.1. The molecule has 0 aromatic rings. The lowest BCUT2D eigenvalue weighted by Gasteiger charge is -2.34. The minimum atomic E-state index is 1.01. The first-order valence-corrected chi connectivity index (χ1v) is 6.24. The van der Waals surface area contributed by atoms with Crippen molar-refractivity contribution in [1.29, 1.82) is 0 Å². The second-order valence-corrected chi connectivity index (χ2v) is 4.51. The molecule has 84 valence electrons. The van der Waals surface area contributed by atoms with Gasteiger partial charge in [-0.2, -0.15) is 0 Å². The third-order valence-electron chi connectivity index (χ3n) is 3.37. The van der Waals surface area contributed by atoms with Crippen molar-refractivity contribution in [3.8, 4) is 0 Å². The van der Waals surface area contributed by atoms with Crippen LogP contribution in [0.2, 0.25) is 0 Å². The zero-order valence-electron chi connectivity index (χ0n) is 10.1. The second-order valence-electron chi connectivity index (χ2n) is 4.51. The number of piperidine rings is 1. The van der Waals surface area contributed by atoms with Gasteiger partial charge in [0.15, 0.2) is 0 Å². The maximum absolute atomic E-state index is 3.35. The lowest BCUT2D eigenvalue weighted by Crippen LogP contribution is -2.43. The molecule has 0 aromatic heterocycles. The topological polar surface area (TPSA) is 15.3 Å². The molecule has 0 aliphatic carbocycles. The van der Waals surface area contributed by atoms with E-state index in [1.165, 1.54) is 45.4 Å². The summed E-state index contributed by atoms with van der Waals surface area (Å²) in [5.41, 5.74) is 0. The Morgan fingerprint density at radius 1 is 1.07 bits per heavy atom. The molecule has 0 aromatic carbocycles. The van der Waals surface area contributed by atoms with Gasteiger partial charge in [-0.15, -0.1) is 0 Å². The normalized spacial score (nSPS) is 25.1. The fourth-order valence-corrected chi connectivity index (χ4v) is 2.28. The predicted molar refractivity (Wildman–Crippen MR) is 62.5 cm³/mol. The maximum Gasteiger partial charge on any atom is -0.000815 e. The van der Waals surface area contributed by atoms with Crippen molar-refractivity contribution < 1.29 is 0 Å². The molecule has 0 bridgehead atoms. The molecule has 2 nitrogen and oxygen atoms in total. The smallest absolute Gasteiger partial charge is 0.000815 e. The van der Waals surface area contributed by atoms with Crippen molar-refractivity contribution in [2.75, 3.05) is 33.2 Å². The van der Waals surface area contributed by atoms with Crippen molar-refractivity contribution >= 4 is 0 Å². The standard InChI is InChI=1S/C10H20N2.C2H6/c1-12-4-2-9(3-5-12)6-10-7-11-8-10;1-2/h9-11H,2-8H2,1H3;1-2H3. The highest BCUT2D eigenvalue weighted by molar-refractivity contribution is 4.80. The summed E-state index contributed by atoms with van der Waals surface area (Å²) in [6.07, 6.45) is 4.36. The van der Waals surface area contributed by atoms with E-state index >= 15 is 0 Å². The molecule has 2 heteroatoms. The highest BCUT2D eigenvalue weighted by Crippen LogP contribution is 2.25. The summed E-state index contributed by atoms with van der Waals surface area (Å²) in [4.78, 5) is 2.45.